The maximum Gasteiger partial charge on any atom is 0.147 e. The molecule has 1 rings (SSSR count). The lowest BCUT2D eigenvalue weighted by atomic mass is 10.1. The second kappa shape index (κ2) is 11.1. The van der Waals surface area contributed by atoms with Gasteiger partial charge < -0.3 is 4.57 Å². The van der Waals surface area contributed by atoms with E-state index < -0.39 is 0 Å². The van der Waals surface area contributed by atoms with Crippen LogP contribution in [0.15, 0.2) is 0 Å². The Bertz CT molecular complexity index is 349. The lowest BCUT2D eigenvalue weighted by Gasteiger charge is -2.06. The predicted molar refractivity (Wildman–Crippen MR) is 86.2 cm³/mol. The quantitative estimate of drug-likeness (QED) is 0.396. The van der Waals surface area contributed by atoms with Crippen molar-refractivity contribution in [3.8, 4) is 0 Å². The Kier molecular flexibility index (Phi) is 9.73. The van der Waals surface area contributed by atoms with E-state index in [0.29, 0.717) is 5.88 Å². The Balaban J connectivity index is 2.08. The largest absolute Gasteiger partial charge is 0.314 e. The number of rotatable bonds is 12. The van der Waals surface area contributed by atoms with Gasteiger partial charge in [0, 0.05) is 13.0 Å². The van der Waals surface area contributed by atoms with Gasteiger partial charge in [-0.25, -0.2) is 0 Å². The van der Waals surface area contributed by atoms with E-state index in [9.17, 15) is 0 Å². The highest BCUT2D eigenvalue weighted by molar-refractivity contribution is 6.16. The molecular formula is C16H30ClN3. The summed E-state index contributed by atoms with van der Waals surface area (Å²) in [5, 5.41) is 8.40. The summed E-state index contributed by atoms with van der Waals surface area (Å²) in [5.74, 6) is 2.46. The number of halogens is 1. The van der Waals surface area contributed by atoms with Gasteiger partial charge in [-0.15, -0.1) is 21.8 Å². The standard InChI is InChI=1S/C16H30ClN3/c1-3-5-6-7-8-9-10-11-12-13-15-18-19-16(14-17)20(15)4-2/h3-14H2,1-2H3. The molecular weight excluding hydrogens is 270 g/mol. The van der Waals surface area contributed by atoms with Gasteiger partial charge in [0.15, 0.2) is 0 Å². The summed E-state index contributed by atoms with van der Waals surface area (Å²) < 4.78 is 2.15. The molecule has 0 N–H and O–H groups in total. The zero-order valence-corrected chi connectivity index (χ0v) is 14.0. The lowest BCUT2D eigenvalue weighted by molar-refractivity contribution is 0.556. The van der Waals surface area contributed by atoms with Crippen molar-refractivity contribution in [2.75, 3.05) is 0 Å². The van der Waals surface area contributed by atoms with Gasteiger partial charge in [-0.05, 0) is 13.3 Å². The number of aryl methyl sites for hydroxylation is 1. The zero-order valence-electron chi connectivity index (χ0n) is 13.2. The Hall–Kier alpha value is -0.570. The van der Waals surface area contributed by atoms with E-state index in [1.54, 1.807) is 0 Å². The molecule has 1 heterocycles. The van der Waals surface area contributed by atoms with Gasteiger partial charge in [0.25, 0.3) is 0 Å². The Morgan fingerprint density at radius 2 is 1.35 bits per heavy atom. The van der Waals surface area contributed by atoms with E-state index in [2.05, 4.69) is 28.6 Å². The third-order valence-corrected chi connectivity index (χ3v) is 4.08. The highest BCUT2D eigenvalue weighted by atomic mass is 35.5. The van der Waals surface area contributed by atoms with Gasteiger partial charge in [-0.1, -0.05) is 58.3 Å². The van der Waals surface area contributed by atoms with Crippen molar-refractivity contribution in [2.45, 2.75) is 90.5 Å². The van der Waals surface area contributed by atoms with Crippen LogP contribution in [0.4, 0.5) is 0 Å². The zero-order chi connectivity index (χ0) is 14.6. The van der Waals surface area contributed by atoms with Crippen molar-refractivity contribution in [3.63, 3.8) is 0 Å². The van der Waals surface area contributed by atoms with Crippen LogP contribution in [-0.4, -0.2) is 14.8 Å². The van der Waals surface area contributed by atoms with Gasteiger partial charge in [0.05, 0.1) is 5.88 Å². The van der Waals surface area contributed by atoms with Crippen LogP contribution in [0.5, 0.6) is 0 Å². The fraction of sp³-hybridized carbons (Fsp3) is 0.875. The van der Waals surface area contributed by atoms with E-state index in [1.807, 2.05) is 0 Å². The van der Waals surface area contributed by atoms with Crippen LogP contribution < -0.4 is 0 Å². The molecule has 20 heavy (non-hydrogen) atoms. The molecule has 0 saturated carbocycles. The molecule has 0 radical (unpaired) electrons. The van der Waals surface area contributed by atoms with E-state index in [-0.39, 0.29) is 0 Å². The molecule has 4 heteroatoms. The molecule has 0 saturated heterocycles. The second-order valence-electron chi connectivity index (χ2n) is 5.49. The van der Waals surface area contributed by atoms with Crippen LogP contribution in [0.3, 0.4) is 0 Å². The molecule has 1 aromatic heterocycles. The molecule has 0 bridgehead atoms. The van der Waals surface area contributed by atoms with E-state index in [1.165, 1.54) is 57.8 Å². The van der Waals surface area contributed by atoms with Gasteiger partial charge in [0.1, 0.15) is 11.6 Å². The summed E-state index contributed by atoms with van der Waals surface area (Å²) in [4.78, 5) is 0. The van der Waals surface area contributed by atoms with Crippen LogP contribution in [0, 0.1) is 0 Å². The van der Waals surface area contributed by atoms with E-state index >= 15 is 0 Å². The molecule has 0 fully saturated rings. The van der Waals surface area contributed by atoms with Crippen LogP contribution in [0.1, 0.15) is 83.3 Å². The van der Waals surface area contributed by atoms with Crippen molar-refractivity contribution < 1.29 is 0 Å². The van der Waals surface area contributed by atoms with Crippen molar-refractivity contribution >= 4 is 11.6 Å². The minimum absolute atomic E-state index is 0.457. The number of aromatic nitrogens is 3. The van der Waals surface area contributed by atoms with Gasteiger partial charge in [-0.3, -0.25) is 0 Å². The molecule has 0 aliphatic carbocycles. The van der Waals surface area contributed by atoms with Gasteiger partial charge >= 0.3 is 0 Å². The van der Waals surface area contributed by atoms with Gasteiger partial charge in [0.2, 0.25) is 0 Å². The highest BCUT2D eigenvalue weighted by Crippen LogP contribution is 2.12. The summed E-state index contributed by atoms with van der Waals surface area (Å²) in [6.07, 6.45) is 13.3. The number of unbranched alkanes of at least 4 members (excludes halogenated alkanes) is 8. The van der Waals surface area contributed by atoms with Crippen LogP contribution in [0.2, 0.25) is 0 Å². The van der Waals surface area contributed by atoms with Crippen LogP contribution in [0.25, 0.3) is 0 Å². The number of nitrogens with zero attached hydrogens (tertiary/aromatic N) is 3. The molecule has 0 atom stereocenters. The molecule has 0 unspecified atom stereocenters. The first-order chi connectivity index (χ1) is 9.83. The second-order valence-corrected chi connectivity index (χ2v) is 5.76. The Morgan fingerprint density at radius 3 is 1.90 bits per heavy atom. The molecule has 0 spiro atoms. The maximum absolute atomic E-state index is 5.86. The minimum Gasteiger partial charge on any atom is -0.314 e. The molecule has 116 valence electrons. The van der Waals surface area contributed by atoms with Crippen molar-refractivity contribution in [2.24, 2.45) is 0 Å². The smallest absolute Gasteiger partial charge is 0.147 e. The minimum atomic E-state index is 0.457. The SMILES string of the molecule is CCCCCCCCCCCc1nnc(CCl)n1CC. The maximum atomic E-state index is 5.86. The first-order valence-corrected chi connectivity index (χ1v) is 8.83. The van der Waals surface area contributed by atoms with Gasteiger partial charge in [-0.2, -0.15) is 0 Å². The van der Waals surface area contributed by atoms with Crippen molar-refractivity contribution in [1.82, 2.24) is 14.8 Å². The summed E-state index contributed by atoms with van der Waals surface area (Å²) >= 11 is 5.86. The molecule has 0 amide bonds. The summed E-state index contributed by atoms with van der Waals surface area (Å²) in [6.45, 7) is 5.31. The normalized spacial score (nSPS) is 11.2. The van der Waals surface area contributed by atoms with E-state index in [0.717, 1.165) is 24.6 Å². The molecule has 0 aliphatic rings. The number of alkyl halides is 1. The Labute approximate surface area is 129 Å². The van der Waals surface area contributed by atoms with Crippen molar-refractivity contribution in [1.29, 1.82) is 0 Å². The first-order valence-electron chi connectivity index (χ1n) is 8.30. The summed E-state index contributed by atoms with van der Waals surface area (Å²) in [6, 6.07) is 0. The van der Waals surface area contributed by atoms with Crippen molar-refractivity contribution in [3.05, 3.63) is 11.6 Å². The monoisotopic (exact) mass is 299 g/mol. The lowest BCUT2D eigenvalue weighted by Crippen LogP contribution is -2.05. The average Bonchev–Trinajstić information content (AvgIpc) is 2.87. The summed E-state index contributed by atoms with van der Waals surface area (Å²) in [5.41, 5.74) is 0. The van der Waals surface area contributed by atoms with Crippen LogP contribution >= 0.6 is 11.6 Å². The number of hydrogen-bond donors (Lipinski definition) is 0. The molecule has 3 nitrogen and oxygen atoms in total. The molecule has 0 aromatic carbocycles. The van der Waals surface area contributed by atoms with Crippen LogP contribution in [-0.2, 0) is 18.8 Å². The highest BCUT2D eigenvalue weighted by Gasteiger charge is 2.08. The predicted octanol–water partition coefficient (Wildman–Crippen LogP) is 5.11. The fourth-order valence-electron chi connectivity index (χ4n) is 2.61. The first kappa shape index (κ1) is 17.5. The third kappa shape index (κ3) is 6.25. The molecule has 1 aromatic rings. The topological polar surface area (TPSA) is 30.7 Å². The summed E-state index contributed by atoms with van der Waals surface area (Å²) in [7, 11) is 0. The van der Waals surface area contributed by atoms with E-state index in [4.69, 9.17) is 11.6 Å². The third-order valence-electron chi connectivity index (χ3n) is 3.84. The average molecular weight is 300 g/mol. The number of hydrogen-bond acceptors (Lipinski definition) is 2. The Morgan fingerprint density at radius 1 is 0.800 bits per heavy atom. The molecule has 0 aliphatic heterocycles. The fourth-order valence-corrected chi connectivity index (χ4v) is 2.81.